The van der Waals surface area contributed by atoms with E-state index in [2.05, 4.69) is 4.99 Å². The zero-order valence-corrected chi connectivity index (χ0v) is 7.68. The molecule has 0 bridgehead atoms. The summed E-state index contributed by atoms with van der Waals surface area (Å²) in [5.41, 5.74) is 0.131. The molecule has 6 heteroatoms. The minimum Gasteiger partial charge on any atom is -0.378 e. The Labute approximate surface area is 81.0 Å². The van der Waals surface area contributed by atoms with Crippen molar-refractivity contribution in [1.29, 1.82) is 0 Å². The van der Waals surface area contributed by atoms with Gasteiger partial charge in [-0.25, -0.2) is 0 Å². The molecule has 2 aliphatic rings. The van der Waals surface area contributed by atoms with Crippen LogP contribution in [0.2, 0.25) is 0 Å². The molecule has 0 aliphatic carbocycles. The van der Waals surface area contributed by atoms with Crippen molar-refractivity contribution in [3.05, 3.63) is 21.9 Å². The van der Waals surface area contributed by atoms with E-state index in [-0.39, 0.29) is 10.6 Å². The van der Waals surface area contributed by atoms with Crippen molar-refractivity contribution in [2.24, 2.45) is 4.99 Å². The molecule has 0 N–H and O–H groups in total. The largest absolute Gasteiger partial charge is 0.378 e. The van der Waals surface area contributed by atoms with Crippen molar-refractivity contribution in [3.8, 4) is 0 Å². The Bertz CT molecular complexity index is 305. The second kappa shape index (κ2) is 3.75. The number of ether oxygens (including phenoxy) is 1. The lowest BCUT2D eigenvalue weighted by molar-refractivity contribution is -0.415. The van der Waals surface area contributed by atoms with Gasteiger partial charge in [-0.15, -0.1) is 0 Å². The van der Waals surface area contributed by atoms with Crippen LogP contribution in [0.5, 0.6) is 0 Å². The van der Waals surface area contributed by atoms with Crippen molar-refractivity contribution >= 4 is 5.84 Å². The Morgan fingerprint density at radius 3 is 2.86 bits per heavy atom. The van der Waals surface area contributed by atoms with E-state index in [4.69, 9.17) is 4.74 Å². The Balaban J connectivity index is 2.10. The maximum atomic E-state index is 10.7. The van der Waals surface area contributed by atoms with Gasteiger partial charge in [0.05, 0.1) is 24.7 Å². The summed E-state index contributed by atoms with van der Waals surface area (Å²) in [6.07, 6.45) is 1.55. The van der Waals surface area contributed by atoms with E-state index in [1.807, 2.05) is 4.90 Å². The molecule has 0 radical (unpaired) electrons. The molecule has 2 rings (SSSR count). The summed E-state index contributed by atoms with van der Waals surface area (Å²) < 4.78 is 5.17. The predicted molar refractivity (Wildman–Crippen MR) is 49.8 cm³/mol. The van der Waals surface area contributed by atoms with Gasteiger partial charge in [-0.3, -0.25) is 15.1 Å². The van der Waals surface area contributed by atoms with Crippen LogP contribution in [0.15, 0.2) is 16.8 Å². The third-order valence-electron chi connectivity index (χ3n) is 2.26. The second-order valence-electron chi connectivity index (χ2n) is 3.11. The molecule has 0 unspecified atom stereocenters. The van der Waals surface area contributed by atoms with Gasteiger partial charge in [0, 0.05) is 19.2 Å². The number of hydrogen-bond donors (Lipinski definition) is 0. The Hall–Kier alpha value is -1.43. The molecule has 1 saturated heterocycles. The van der Waals surface area contributed by atoms with Crippen LogP contribution in [-0.2, 0) is 4.74 Å². The standard InChI is InChI=1S/C8H11N3O3/c12-11(13)7-1-2-9-8(7)10-3-5-14-6-4-10/h1H,2-6H2. The first-order valence-corrected chi connectivity index (χ1v) is 4.51. The lowest BCUT2D eigenvalue weighted by Gasteiger charge is -2.27. The summed E-state index contributed by atoms with van der Waals surface area (Å²) in [7, 11) is 0. The molecule has 2 heterocycles. The number of nitro groups is 1. The molecule has 6 nitrogen and oxygen atoms in total. The van der Waals surface area contributed by atoms with Gasteiger partial charge in [-0.1, -0.05) is 0 Å². The first-order chi connectivity index (χ1) is 6.79. The van der Waals surface area contributed by atoms with Gasteiger partial charge >= 0.3 is 5.70 Å². The SMILES string of the molecule is O=[N+]([O-])C1=CCN=C1N1CCOCC1. The van der Waals surface area contributed by atoms with Crippen LogP contribution in [0.1, 0.15) is 0 Å². The summed E-state index contributed by atoms with van der Waals surface area (Å²) in [6.45, 7) is 3.02. The van der Waals surface area contributed by atoms with Gasteiger partial charge < -0.3 is 9.64 Å². The fourth-order valence-electron chi connectivity index (χ4n) is 1.58. The number of hydrogen-bond acceptors (Lipinski definition) is 5. The van der Waals surface area contributed by atoms with Crippen molar-refractivity contribution in [3.63, 3.8) is 0 Å². The summed E-state index contributed by atoms with van der Waals surface area (Å²) in [6, 6.07) is 0. The first kappa shape index (κ1) is 9.14. The van der Waals surface area contributed by atoms with Crippen LogP contribution in [0.4, 0.5) is 0 Å². The average Bonchev–Trinajstić information content (AvgIpc) is 2.67. The Morgan fingerprint density at radius 2 is 2.21 bits per heavy atom. The lowest BCUT2D eigenvalue weighted by atomic mass is 10.3. The molecule has 0 spiro atoms. The van der Waals surface area contributed by atoms with E-state index >= 15 is 0 Å². The summed E-state index contributed by atoms with van der Waals surface area (Å²) >= 11 is 0. The highest BCUT2D eigenvalue weighted by atomic mass is 16.6. The minimum absolute atomic E-state index is 0.131. The molecule has 2 aliphatic heterocycles. The van der Waals surface area contributed by atoms with Gasteiger partial charge in [0.2, 0.25) is 5.84 Å². The van der Waals surface area contributed by atoms with Crippen LogP contribution >= 0.6 is 0 Å². The molecule has 0 saturated carbocycles. The molecule has 0 atom stereocenters. The monoisotopic (exact) mass is 197 g/mol. The Kier molecular flexibility index (Phi) is 2.45. The van der Waals surface area contributed by atoms with E-state index in [0.717, 1.165) is 0 Å². The van der Waals surface area contributed by atoms with Gasteiger partial charge in [0.15, 0.2) is 0 Å². The third kappa shape index (κ3) is 1.60. The fourth-order valence-corrected chi connectivity index (χ4v) is 1.58. The number of aliphatic imine (C=N–C) groups is 1. The van der Waals surface area contributed by atoms with Crippen molar-refractivity contribution in [1.82, 2.24) is 4.90 Å². The quantitative estimate of drug-likeness (QED) is 0.434. The molecule has 14 heavy (non-hydrogen) atoms. The highest BCUT2D eigenvalue weighted by Gasteiger charge is 2.28. The lowest BCUT2D eigenvalue weighted by Crippen LogP contribution is -2.41. The number of morpholine rings is 1. The minimum atomic E-state index is -0.374. The van der Waals surface area contributed by atoms with Crippen LogP contribution in [0, 0.1) is 10.1 Å². The summed E-state index contributed by atoms with van der Waals surface area (Å²) in [4.78, 5) is 16.3. The maximum Gasteiger partial charge on any atom is 0.309 e. The molecule has 0 aromatic heterocycles. The first-order valence-electron chi connectivity index (χ1n) is 4.51. The third-order valence-corrected chi connectivity index (χ3v) is 2.26. The van der Waals surface area contributed by atoms with Gasteiger partial charge in [-0.2, -0.15) is 0 Å². The molecule has 76 valence electrons. The number of nitrogens with zero attached hydrogens (tertiary/aromatic N) is 3. The fraction of sp³-hybridized carbons (Fsp3) is 0.625. The van der Waals surface area contributed by atoms with E-state index < -0.39 is 0 Å². The molecule has 0 aromatic carbocycles. The van der Waals surface area contributed by atoms with E-state index in [0.29, 0.717) is 38.7 Å². The van der Waals surface area contributed by atoms with Crippen molar-refractivity contribution in [2.75, 3.05) is 32.8 Å². The zero-order valence-electron chi connectivity index (χ0n) is 7.68. The molecule has 0 aromatic rings. The normalized spacial score (nSPS) is 21.9. The van der Waals surface area contributed by atoms with Gasteiger partial charge in [-0.05, 0) is 0 Å². The van der Waals surface area contributed by atoms with Crippen LogP contribution in [-0.4, -0.2) is 48.5 Å². The zero-order chi connectivity index (χ0) is 9.97. The summed E-state index contributed by atoms with van der Waals surface area (Å²) in [5.74, 6) is 0.512. The van der Waals surface area contributed by atoms with Gasteiger partial charge in [0.1, 0.15) is 0 Å². The maximum absolute atomic E-state index is 10.7. The Morgan fingerprint density at radius 1 is 1.50 bits per heavy atom. The van der Waals surface area contributed by atoms with Crippen LogP contribution < -0.4 is 0 Å². The molecular formula is C8H11N3O3. The topological polar surface area (TPSA) is 68.0 Å². The van der Waals surface area contributed by atoms with Crippen LogP contribution in [0.25, 0.3) is 0 Å². The van der Waals surface area contributed by atoms with Gasteiger partial charge in [0.25, 0.3) is 0 Å². The predicted octanol–water partition coefficient (Wildman–Crippen LogP) is -0.109. The van der Waals surface area contributed by atoms with E-state index in [9.17, 15) is 10.1 Å². The van der Waals surface area contributed by atoms with Crippen LogP contribution in [0.3, 0.4) is 0 Å². The van der Waals surface area contributed by atoms with Crippen molar-refractivity contribution in [2.45, 2.75) is 0 Å². The molecule has 0 amide bonds. The second-order valence-corrected chi connectivity index (χ2v) is 3.11. The molecule has 1 fully saturated rings. The molecular weight excluding hydrogens is 186 g/mol. The smallest absolute Gasteiger partial charge is 0.309 e. The van der Waals surface area contributed by atoms with E-state index in [1.54, 1.807) is 6.08 Å². The summed E-state index contributed by atoms with van der Waals surface area (Å²) in [5, 5.41) is 10.7. The highest BCUT2D eigenvalue weighted by Crippen LogP contribution is 2.12. The average molecular weight is 197 g/mol. The number of rotatable bonds is 1. The van der Waals surface area contributed by atoms with Crippen molar-refractivity contribution < 1.29 is 9.66 Å². The highest BCUT2D eigenvalue weighted by molar-refractivity contribution is 5.97. The van der Waals surface area contributed by atoms with E-state index in [1.165, 1.54) is 0 Å². The number of amidine groups is 1.